The molecule has 1 rings (SSSR count). The summed E-state index contributed by atoms with van der Waals surface area (Å²) in [5, 5.41) is 0.631. The maximum Gasteiger partial charge on any atom is 0.226 e. The highest BCUT2D eigenvalue weighted by Crippen LogP contribution is 2.25. The molecule has 5 heteroatoms. The first-order valence-corrected chi connectivity index (χ1v) is 5.58. The molecule has 2 nitrogen and oxygen atoms in total. The molecule has 0 bridgehead atoms. The summed E-state index contributed by atoms with van der Waals surface area (Å²) in [5.74, 6) is 0.474. The lowest BCUT2D eigenvalue weighted by Gasteiger charge is -2.14. The number of carbonyl (C=O) groups excluding carboxylic acids is 1. The van der Waals surface area contributed by atoms with Gasteiger partial charge >= 0.3 is 0 Å². The third kappa shape index (κ3) is 3.93. The second-order valence-electron chi connectivity index (χ2n) is 2.96. The van der Waals surface area contributed by atoms with E-state index in [1.165, 1.54) is 0 Å². The van der Waals surface area contributed by atoms with Crippen LogP contribution >= 0.6 is 35.8 Å². The number of ether oxygens (including phenoxy) is 1. The summed E-state index contributed by atoms with van der Waals surface area (Å²) in [6, 6.07) is 4.80. The van der Waals surface area contributed by atoms with Gasteiger partial charge in [-0.05, 0) is 24.6 Å². The molecule has 0 N–H and O–H groups in total. The predicted molar refractivity (Wildman–Crippen MR) is 65.2 cm³/mol. The van der Waals surface area contributed by atoms with Gasteiger partial charge in [0, 0.05) is 10.0 Å². The van der Waals surface area contributed by atoms with Gasteiger partial charge in [-0.2, -0.15) is 0 Å². The van der Waals surface area contributed by atoms with Crippen LogP contribution in [0.15, 0.2) is 18.2 Å². The predicted octanol–water partition coefficient (Wildman–Crippen LogP) is 3.61. The van der Waals surface area contributed by atoms with E-state index in [0.29, 0.717) is 22.2 Å². The van der Waals surface area contributed by atoms with Crippen molar-refractivity contribution in [2.45, 2.75) is 19.4 Å². The summed E-state index contributed by atoms with van der Waals surface area (Å²) in [4.78, 5) is 11.0. The van der Waals surface area contributed by atoms with Crippen LogP contribution in [-0.4, -0.2) is 11.2 Å². The lowest BCUT2D eigenvalue weighted by molar-refractivity contribution is -0.117. The minimum atomic E-state index is -0.567. The van der Waals surface area contributed by atoms with Crippen molar-refractivity contribution < 1.29 is 9.53 Å². The summed E-state index contributed by atoms with van der Waals surface area (Å²) >= 11 is 15.3. The van der Waals surface area contributed by atoms with Crippen LogP contribution in [0, 0.1) is 0 Å². The van der Waals surface area contributed by atoms with E-state index in [1.54, 1.807) is 18.2 Å². The normalized spacial score (nSPS) is 12.3. The van der Waals surface area contributed by atoms with E-state index in [0.717, 1.165) is 0 Å². The molecule has 0 spiro atoms. The molecule has 1 unspecified atom stereocenters. The Labute approximate surface area is 104 Å². The Bertz CT molecular complexity index is 348. The van der Waals surface area contributed by atoms with Gasteiger partial charge in [0.05, 0.1) is 0 Å². The standard InChI is InChI=1S/C10H10Cl2O2S/c1-2-9(10(13)15)14-8-4-6(11)3-7(12)5-8/h3-5,9H,2H2,1H3,(H,13,15). The smallest absolute Gasteiger partial charge is 0.226 e. The molecular weight excluding hydrogens is 255 g/mol. The van der Waals surface area contributed by atoms with E-state index in [-0.39, 0.29) is 5.12 Å². The van der Waals surface area contributed by atoms with Crippen molar-refractivity contribution in [1.29, 1.82) is 0 Å². The van der Waals surface area contributed by atoms with Gasteiger partial charge in [0.2, 0.25) is 5.12 Å². The highest BCUT2D eigenvalue weighted by Gasteiger charge is 2.14. The lowest BCUT2D eigenvalue weighted by Crippen LogP contribution is -2.22. The zero-order valence-corrected chi connectivity index (χ0v) is 10.4. The maximum atomic E-state index is 11.0. The van der Waals surface area contributed by atoms with Crippen LogP contribution in [0.5, 0.6) is 5.75 Å². The Kier molecular flexibility index (Phi) is 4.77. The van der Waals surface area contributed by atoms with E-state index >= 15 is 0 Å². The van der Waals surface area contributed by atoms with Crippen LogP contribution < -0.4 is 4.74 Å². The van der Waals surface area contributed by atoms with Crippen molar-refractivity contribution in [3.05, 3.63) is 28.2 Å². The monoisotopic (exact) mass is 264 g/mol. The average Bonchev–Trinajstić information content (AvgIpc) is 2.12. The van der Waals surface area contributed by atoms with Gasteiger partial charge in [-0.15, -0.1) is 12.6 Å². The molecule has 0 aliphatic rings. The summed E-state index contributed by atoms with van der Waals surface area (Å²) in [7, 11) is 0. The Morgan fingerprint density at radius 1 is 1.40 bits per heavy atom. The van der Waals surface area contributed by atoms with E-state index in [2.05, 4.69) is 12.6 Å². The number of thiol groups is 1. The molecule has 0 radical (unpaired) electrons. The fraction of sp³-hybridized carbons (Fsp3) is 0.300. The van der Waals surface area contributed by atoms with Crippen molar-refractivity contribution >= 4 is 40.9 Å². The third-order valence-electron chi connectivity index (χ3n) is 1.76. The van der Waals surface area contributed by atoms with E-state index in [9.17, 15) is 4.79 Å². The number of hydrogen-bond donors (Lipinski definition) is 1. The maximum absolute atomic E-state index is 11.0. The average molecular weight is 265 g/mol. The third-order valence-corrected chi connectivity index (χ3v) is 2.49. The second-order valence-corrected chi connectivity index (χ2v) is 4.27. The van der Waals surface area contributed by atoms with Gasteiger partial charge in [-0.3, -0.25) is 4.79 Å². The van der Waals surface area contributed by atoms with Gasteiger partial charge < -0.3 is 4.74 Å². The number of halogens is 2. The Hall–Kier alpha value is -0.380. The molecule has 0 heterocycles. The molecule has 0 aliphatic carbocycles. The molecule has 1 aromatic carbocycles. The van der Waals surface area contributed by atoms with Crippen LogP contribution in [0.25, 0.3) is 0 Å². The molecule has 1 atom stereocenters. The Morgan fingerprint density at radius 3 is 2.33 bits per heavy atom. The van der Waals surface area contributed by atoms with E-state index < -0.39 is 6.10 Å². The fourth-order valence-electron chi connectivity index (χ4n) is 1.07. The van der Waals surface area contributed by atoms with Crippen LogP contribution in [0.3, 0.4) is 0 Å². The van der Waals surface area contributed by atoms with Crippen LogP contribution in [0.2, 0.25) is 10.0 Å². The quantitative estimate of drug-likeness (QED) is 0.842. The van der Waals surface area contributed by atoms with Gasteiger partial charge in [0.1, 0.15) is 5.75 Å². The number of benzene rings is 1. The van der Waals surface area contributed by atoms with Crippen LogP contribution in [0.1, 0.15) is 13.3 Å². The molecular formula is C10H10Cl2O2S. The Morgan fingerprint density at radius 2 is 1.93 bits per heavy atom. The first-order valence-electron chi connectivity index (χ1n) is 4.38. The van der Waals surface area contributed by atoms with E-state index in [1.807, 2.05) is 6.92 Å². The van der Waals surface area contributed by atoms with Crippen LogP contribution in [0.4, 0.5) is 0 Å². The van der Waals surface area contributed by atoms with E-state index in [4.69, 9.17) is 27.9 Å². The summed E-state index contributed by atoms with van der Waals surface area (Å²) in [6.07, 6.45) is -0.0187. The summed E-state index contributed by atoms with van der Waals surface area (Å²) < 4.78 is 5.39. The van der Waals surface area contributed by atoms with Gasteiger partial charge in [-0.1, -0.05) is 30.1 Å². The van der Waals surface area contributed by atoms with Crippen molar-refractivity contribution in [2.24, 2.45) is 0 Å². The van der Waals surface area contributed by atoms with Crippen molar-refractivity contribution in [2.75, 3.05) is 0 Å². The first kappa shape index (κ1) is 12.7. The molecule has 0 aromatic heterocycles. The highest BCUT2D eigenvalue weighted by atomic mass is 35.5. The SMILES string of the molecule is CCC(Oc1cc(Cl)cc(Cl)c1)C(=O)S. The van der Waals surface area contributed by atoms with Crippen molar-refractivity contribution in [3.8, 4) is 5.75 Å². The fourth-order valence-corrected chi connectivity index (χ4v) is 1.81. The minimum Gasteiger partial charge on any atom is -0.482 e. The van der Waals surface area contributed by atoms with Gasteiger partial charge in [-0.25, -0.2) is 0 Å². The lowest BCUT2D eigenvalue weighted by atomic mass is 10.3. The number of hydrogen-bond acceptors (Lipinski definition) is 2. The molecule has 0 saturated carbocycles. The molecule has 0 saturated heterocycles. The topological polar surface area (TPSA) is 26.3 Å². The zero-order valence-electron chi connectivity index (χ0n) is 8.04. The molecule has 1 aromatic rings. The zero-order chi connectivity index (χ0) is 11.4. The minimum absolute atomic E-state index is 0.311. The van der Waals surface area contributed by atoms with Crippen LogP contribution in [-0.2, 0) is 4.79 Å². The number of rotatable bonds is 4. The summed E-state index contributed by atoms with van der Waals surface area (Å²) in [5.41, 5.74) is 0. The largest absolute Gasteiger partial charge is 0.482 e. The van der Waals surface area contributed by atoms with Gasteiger partial charge in [0.15, 0.2) is 6.10 Å². The summed E-state index contributed by atoms with van der Waals surface area (Å²) in [6.45, 7) is 1.84. The molecule has 82 valence electrons. The van der Waals surface area contributed by atoms with Crippen molar-refractivity contribution in [1.82, 2.24) is 0 Å². The molecule has 0 fully saturated rings. The number of carbonyl (C=O) groups is 1. The molecule has 0 amide bonds. The Balaban J connectivity index is 2.83. The molecule has 15 heavy (non-hydrogen) atoms. The van der Waals surface area contributed by atoms with Crippen molar-refractivity contribution in [3.63, 3.8) is 0 Å². The first-order chi connectivity index (χ1) is 7.02. The molecule has 0 aliphatic heterocycles. The second kappa shape index (κ2) is 5.64. The van der Waals surface area contributed by atoms with Gasteiger partial charge in [0.25, 0.3) is 0 Å². The highest BCUT2D eigenvalue weighted by molar-refractivity contribution is 7.96.